The van der Waals surface area contributed by atoms with Gasteiger partial charge in [0.1, 0.15) is 0 Å². The summed E-state index contributed by atoms with van der Waals surface area (Å²) in [6, 6.07) is 67.2. The van der Waals surface area contributed by atoms with Crippen LogP contribution >= 0.6 is 0 Å². The van der Waals surface area contributed by atoms with Crippen LogP contribution in [0.15, 0.2) is 212 Å². The highest BCUT2D eigenvalue weighted by Crippen LogP contribution is 2.68. The molecule has 8 aromatic rings. The maximum absolute atomic E-state index is 7.17. The molecule has 3 nitrogen and oxygen atoms in total. The molecule has 8 aromatic carbocycles. The molecule has 0 N–H and O–H groups in total. The van der Waals surface area contributed by atoms with E-state index in [0.29, 0.717) is 23.2 Å². The van der Waals surface area contributed by atoms with Crippen molar-refractivity contribution in [2.75, 3.05) is 4.90 Å². The van der Waals surface area contributed by atoms with Crippen molar-refractivity contribution in [1.82, 2.24) is 0 Å². The lowest BCUT2D eigenvalue weighted by molar-refractivity contribution is 0.361. The van der Waals surface area contributed by atoms with Gasteiger partial charge >= 0.3 is 0 Å². The summed E-state index contributed by atoms with van der Waals surface area (Å²) in [7, 11) is 0. The number of benzene rings is 8. The smallest absolute Gasteiger partial charge is 0.194 e. The summed E-state index contributed by atoms with van der Waals surface area (Å²) in [6.07, 6.45) is 7.92. The van der Waals surface area contributed by atoms with E-state index in [9.17, 15) is 0 Å². The van der Waals surface area contributed by atoms with E-state index in [2.05, 4.69) is 205 Å². The van der Waals surface area contributed by atoms with E-state index in [1.807, 2.05) is 6.07 Å². The van der Waals surface area contributed by atoms with Gasteiger partial charge in [-0.2, -0.15) is 0 Å². The Morgan fingerprint density at radius 3 is 1.83 bits per heavy atom. The number of rotatable bonds is 5. The first kappa shape index (κ1) is 32.8. The first-order valence-corrected chi connectivity index (χ1v) is 20.1. The van der Waals surface area contributed by atoms with Crippen LogP contribution in [0.3, 0.4) is 0 Å². The van der Waals surface area contributed by atoms with Gasteiger partial charge in [0.05, 0.1) is 11.1 Å². The van der Waals surface area contributed by atoms with Crippen molar-refractivity contribution in [1.29, 1.82) is 0 Å². The predicted octanol–water partition coefficient (Wildman–Crippen LogP) is 14.7. The van der Waals surface area contributed by atoms with Crippen molar-refractivity contribution in [3.05, 3.63) is 234 Å². The second kappa shape index (κ2) is 12.8. The van der Waals surface area contributed by atoms with Gasteiger partial charge in [0.2, 0.25) is 0 Å². The number of hydrogen-bond donors (Lipinski definition) is 0. The molecule has 274 valence electrons. The molecular weight excluding hydrogens is 707 g/mol. The number of anilines is 3. The van der Waals surface area contributed by atoms with Crippen molar-refractivity contribution >= 4 is 17.1 Å². The second-order valence-electron chi connectivity index (χ2n) is 15.5. The summed E-state index contributed by atoms with van der Waals surface area (Å²) in [6.45, 7) is 0. The number of allylic oxidation sites excluding steroid dienone is 4. The zero-order chi connectivity index (χ0) is 38.2. The van der Waals surface area contributed by atoms with Gasteiger partial charge in [-0.15, -0.1) is 0 Å². The summed E-state index contributed by atoms with van der Waals surface area (Å²) in [5, 5.41) is 0. The summed E-state index contributed by atoms with van der Waals surface area (Å²) < 4.78 is 14.3. The lowest BCUT2D eigenvalue weighted by atomic mass is 9.69. The van der Waals surface area contributed by atoms with Gasteiger partial charge in [0.25, 0.3) is 0 Å². The van der Waals surface area contributed by atoms with Gasteiger partial charge in [0, 0.05) is 22.9 Å². The molecular formula is C55H37NO2. The van der Waals surface area contributed by atoms with Gasteiger partial charge in [-0.3, -0.25) is 0 Å². The van der Waals surface area contributed by atoms with Crippen molar-refractivity contribution in [3.8, 4) is 56.4 Å². The Balaban J connectivity index is 1.03. The largest absolute Gasteiger partial charge is 0.449 e. The molecule has 2 unspecified atom stereocenters. The maximum Gasteiger partial charge on any atom is 0.194 e. The molecule has 12 rings (SSSR count). The van der Waals surface area contributed by atoms with E-state index in [4.69, 9.17) is 9.47 Å². The summed E-state index contributed by atoms with van der Waals surface area (Å²) in [5.74, 6) is 3.18. The Morgan fingerprint density at radius 1 is 0.483 bits per heavy atom. The molecule has 3 aliphatic carbocycles. The minimum absolute atomic E-state index is 0.337. The molecule has 1 aliphatic heterocycles. The Bertz CT molecular complexity index is 2920. The molecule has 0 saturated carbocycles. The average Bonchev–Trinajstić information content (AvgIpc) is 3.77. The van der Waals surface area contributed by atoms with E-state index in [0.717, 1.165) is 57.0 Å². The molecule has 58 heavy (non-hydrogen) atoms. The Morgan fingerprint density at radius 2 is 1.09 bits per heavy atom. The topological polar surface area (TPSA) is 21.7 Å². The standard InChI is InChI=1S/C55H37NO2/c1-3-16-36(17-4-1)38-20-13-22-40(34-38)56(41-23-14-21-39(35-41)37-18-5-2-6-19-37)49-30-15-31-50-53(49)57-51-33-32-48-52(54(51)58-50)44-26-9-12-29-47(44)55(48)45-27-10-7-24-42(45)43-25-8-11-28-46(43)55/h1-24,26-35,43H,25H2. The molecule has 1 spiro atoms. The molecule has 4 aliphatic rings. The molecule has 0 bridgehead atoms. The van der Waals surface area contributed by atoms with Crippen LogP contribution in [-0.4, -0.2) is 0 Å². The maximum atomic E-state index is 7.17. The van der Waals surface area contributed by atoms with Crippen LogP contribution in [0.25, 0.3) is 33.4 Å². The summed E-state index contributed by atoms with van der Waals surface area (Å²) >= 11 is 0. The van der Waals surface area contributed by atoms with Gasteiger partial charge in [0.15, 0.2) is 23.0 Å². The predicted molar refractivity (Wildman–Crippen MR) is 235 cm³/mol. The Labute approximate surface area is 338 Å². The zero-order valence-corrected chi connectivity index (χ0v) is 31.7. The lowest BCUT2D eigenvalue weighted by Crippen LogP contribution is -2.27. The van der Waals surface area contributed by atoms with Crippen LogP contribution in [0.5, 0.6) is 23.0 Å². The number of fused-ring (bicyclic) bond motifs is 13. The average molecular weight is 744 g/mol. The molecule has 3 heteroatoms. The number of para-hydroxylation sites is 1. The third-order valence-corrected chi connectivity index (χ3v) is 12.5. The van der Waals surface area contributed by atoms with Crippen molar-refractivity contribution in [2.45, 2.75) is 17.8 Å². The normalized spacial score (nSPS) is 17.4. The Kier molecular flexibility index (Phi) is 7.27. The van der Waals surface area contributed by atoms with Crippen LogP contribution in [0.1, 0.15) is 34.6 Å². The number of nitrogens with zero attached hydrogens (tertiary/aromatic N) is 1. The van der Waals surface area contributed by atoms with E-state index >= 15 is 0 Å². The van der Waals surface area contributed by atoms with Crippen molar-refractivity contribution in [2.24, 2.45) is 0 Å². The molecule has 1 heterocycles. The minimum atomic E-state index is -0.400. The number of hydrogen-bond acceptors (Lipinski definition) is 3. The lowest BCUT2D eigenvalue weighted by Gasteiger charge is -2.33. The first-order chi connectivity index (χ1) is 28.8. The van der Waals surface area contributed by atoms with Crippen LogP contribution in [-0.2, 0) is 5.41 Å². The summed E-state index contributed by atoms with van der Waals surface area (Å²) in [4.78, 5) is 2.29. The Hall–Kier alpha value is -7.36. The summed E-state index contributed by atoms with van der Waals surface area (Å²) in [5.41, 5.74) is 16.2. The van der Waals surface area contributed by atoms with Gasteiger partial charge in [-0.25, -0.2) is 0 Å². The van der Waals surface area contributed by atoms with Crippen LogP contribution < -0.4 is 14.4 Å². The molecule has 0 saturated heterocycles. The van der Waals surface area contributed by atoms with E-state index in [1.54, 1.807) is 0 Å². The third kappa shape index (κ3) is 4.74. The van der Waals surface area contributed by atoms with E-state index < -0.39 is 5.41 Å². The third-order valence-electron chi connectivity index (χ3n) is 12.5. The number of ether oxygens (including phenoxy) is 2. The van der Waals surface area contributed by atoms with Gasteiger partial charge in [-0.05, 0) is 105 Å². The van der Waals surface area contributed by atoms with Crippen molar-refractivity contribution in [3.63, 3.8) is 0 Å². The van der Waals surface area contributed by atoms with Gasteiger partial charge < -0.3 is 14.4 Å². The van der Waals surface area contributed by atoms with Crippen LogP contribution in [0.2, 0.25) is 0 Å². The highest BCUT2D eigenvalue weighted by atomic mass is 16.6. The fourth-order valence-corrected chi connectivity index (χ4v) is 10.1. The van der Waals surface area contributed by atoms with Gasteiger partial charge in [-0.1, -0.05) is 164 Å². The SMILES string of the molecule is C1=CCC2C(=C1)C1(c3ccccc3-c3c1ccc1c3Oc3cccc(N(c4cccc(-c5ccccc5)c4)c4cccc(-c5ccccc5)c4)c3O1)c1ccccc12. The molecule has 0 aromatic heterocycles. The zero-order valence-electron chi connectivity index (χ0n) is 31.7. The fraction of sp³-hybridized carbons (Fsp3) is 0.0545. The van der Waals surface area contributed by atoms with Crippen LogP contribution in [0.4, 0.5) is 17.1 Å². The molecule has 0 radical (unpaired) electrons. The second-order valence-corrected chi connectivity index (χ2v) is 15.5. The highest BCUT2D eigenvalue weighted by Gasteiger charge is 2.56. The van der Waals surface area contributed by atoms with E-state index in [-0.39, 0.29) is 0 Å². The van der Waals surface area contributed by atoms with E-state index in [1.165, 1.54) is 33.4 Å². The minimum Gasteiger partial charge on any atom is -0.449 e. The molecule has 2 atom stereocenters. The molecule has 0 amide bonds. The first-order valence-electron chi connectivity index (χ1n) is 20.1. The van der Waals surface area contributed by atoms with Crippen LogP contribution in [0, 0.1) is 0 Å². The van der Waals surface area contributed by atoms with Crippen molar-refractivity contribution < 1.29 is 9.47 Å². The highest BCUT2D eigenvalue weighted by molar-refractivity contribution is 5.94. The molecule has 0 fully saturated rings. The fourth-order valence-electron chi connectivity index (χ4n) is 10.1. The monoisotopic (exact) mass is 743 g/mol. The quantitative estimate of drug-likeness (QED) is 0.175.